The lowest BCUT2D eigenvalue weighted by molar-refractivity contribution is 0.0745. The second-order valence-corrected chi connectivity index (χ2v) is 6.97. The molecule has 1 N–H and O–H groups in total. The van der Waals surface area contributed by atoms with Gasteiger partial charge >= 0.3 is 0 Å². The molecule has 0 unspecified atom stereocenters. The topological polar surface area (TPSA) is 83.4 Å². The summed E-state index contributed by atoms with van der Waals surface area (Å²) in [6.07, 6.45) is 0. The summed E-state index contributed by atoms with van der Waals surface area (Å²) in [5.74, 6) is -0.539. The number of thiazole rings is 1. The van der Waals surface area contributed by atoms with E-state index in [1.165, 1.54) is 28.0 Å². The maximum Gasteiger partial charge on any atom is 0.278 e. The van der Waals surface area contributed by atoms with Crippen molar-refractivity contribution in [3.05, 3.63) is 74.3 Å². The normalized spacial score (nSPS) is 13.3. The van der Waals surface area contributed by atoms with Gasteiger partial charge in [-0.25, -0.2) is 18.9 Å². The van der Waals surface area contributed by atoms with Gasteiger partial charge in [-0.2, -0.15) is 0 Å². The van der Waals surface area contributed by atoms with Crippen LogP contribution in [0.4, 0.5) is 4.39 Å². The molecule has 7 nitrogen and oxygen atoms in total. The van der Waals surface area contributed by atoms with Gasteiger partial charge in [0, 0.05) is 11.4 Å². The summed E-state index contributed by atoms with van der Waals surface area (Å²) in [5, 5.41) is 4.69. The zero-order valence-electron chi connectivity index (χ0n) is 13.8. The number of aromatic amines is 1. The van der Waals surface area contributed by atoms with E-state index in [0.29, 0.717) is 28.3 Å². The Hall–Kier alpha value is -3.33. The molecule has 1 aliphatic rings. The van der Waals surface area contributed by atoms with E-state index in [1.54, 1.807) is 34.0 Å². The third kappa shape index (κ3) is 2.55. The number of benzene rings is 1. The molecular formula is C18H12FN5O2S. The lowest BCUT2D eigenvalue weighted by Gasteiger charge is -2.12. The smallest absolute Gasteiger partial charge is 0.278 e. The average Bonchev–Trinajstić information content (AvgIpc) is 3.41. The summed E-state index contributed by atoms with van der Waals surface area (Å²) < 4.78 is 14.5. The predicted molar refractivity (Wildman–Crippen MR) is 96.9 cm³/mol. The Balaban J connectivity index is 1.53. The van der Waals surface area contributed by atoms with E-state index in [-0.39, 0.29) is 30.4 Å². The van der Waals surface area contributed by atoms with Crippen LogP contribution >= 0.6 is 11.3 Å². The van der Waals surface area contributed by atoms with Crippen molar-refractivity contribution in [2.24, 2.45) is 0 Å². The first kappa shape index (κ1) is 15.9. The van der Waals surface area contributed by atoms with Crippen molar-refractivity contribution in [2.45, 2.75) is 13.1 Å². The highest BCUT2D eigenvalue weighted by molar-refractivity contribution is 7.07. The molecule has 0 aliphatic carbocycles. The van der Waals surface area contributed by atoms with Gasteiger partial charge in [-0.05, 0) is 29.8 Å². The molecule has 134 valence electrons. The summed E-state index contributed by atoms with van der Waals surface area (Å²) in [5.41, 5.74) is 4.69. The third-order valence-electron chi connectivity index (χ3n) is 4.58. The van der Waals surface area contributed by atoms with Crippen LogP contribution in [0.25, 0.3) is 16.9 Å². The van der Waals surface area contributed by atoms with Crippen LogP contribution in [-0.2, 0) is 13.1 Å². The second kappa shape index (κ2) is 5.85. The van der Waals surface area contributed by atoms with Crippen LogP contribution in [0.5, 0.6) is 0 Å². The number of carbonyl (C=O) groups is 1. The second-order valence-electron chi connectivity index (χ2n) is 6.25. The molecule has 0 saturated carbocycles. The quantitative estimate of drug-likeness (QED) is 0.578. The fourth-order valence-electron chi connectivity index (χ4n) is 3.22. The molecule has 3 aromatic heterocycles. The van der Waals surface area contributed by atoms with Crippen LogP contribution in [-0.4, -0.2) is 30.4 Å². The van der Waals surface area contributed by atoms with Crippen molar-refractivity contribution in [1.82, 2.24) is 24.5 Å². The van der Waals surface area contributed by atoms with Gasteiger partial charge in [-0.1, -0.05) is 0 Å². The van der Waals surface area contributed by atoms with E-state index in [9.17, 15) is 14.0 Å². The Kier molecular flexibility index (Phi) is 3.44. The Morgan fingerprint density at radius 1 is 1.22 bits per heavy atom. The van der Waals surface area contributed by atoms with Gasteiger partial charge in [-0.15, -0.1) is 11.3 Å². The number of rotatable bonds is 2. The molecule has 1 aliphatic heterocycles. The number of carbonyl (C=O) groups excluding carboxylic acids is 1. The fraction of sp³-hybridized carbons (Fsp3) is 0.111. The van der Waals surface area contributed by atoms with Crippen molar-refractivity contribution >= 4 is 22.9 Å². The van der Waals surface area contributed by atoms with E-state index in [2.05, 4.69) is 15.1 Å². The van der Waals surface area contributed by atoms with Gasteiger partial charge in [0.1, 0.15) is 11.5 Å². The lowest BCUT2D eigenvalue weighted by atomic mass is 10.1. The minimum absolute atomic E-state index is 0.200. The van der Waals surface area contributed by atoms with Crippen molar-refractivity contribution in [1.29, 1.82) is 0 Å². The van der Waals surface area contributed by atoms with Crippen LogP contribution in [0.15, 0.2) is 46.0 Å². The Morgan fingerprint density at radius 3 is 2.78 bits per heavy atom. The molecule has 4 heterocycles. The van der Waals surface area contributed by atoms with Gasteiger partial charge in [0.05, 0.1) is 35.6 Å². The molecule has 0 fully saturated rings. The van der Waals surface area contributed by atoms with E-state index in [0.717, 1.165) is 5.56 Å². The molecule has 1 aromatic carbocycles. The minimum Gasteiger partial charge on any atom is -0.327 e. The molecule has 9 heteroatoms. The van der Waals surface area contributed by atoms with Crippen molar-refractivity contribution in [3.63, 3.8) is 0 Å². The van der Waals surface area contributed by atoms with Crippen LogP contribution in [0, 0.1) is 5.82 Å². The largest absolute Gasteiger partial charge is 0.327 e. The summed E-state index contributed by atoms with van der Waals surface area (Å²) in [6, 6.07) is 7.72. The maximum atomic E-state index is 13.1. The molecule has 0 radical (unpaired) electrons. The predicted octanol–water partition coefficient (Wildman–Crippen LogP) is 2.44. The molecular weight excluding hydrogens is 369 g/mol. The van der Waals surface area contributed by atoms with Crippen molar-refractivity contribution < 1.29 is 9.18 Å². The molecule has 1 amide bonds. The zero-order valence-corrected chi connectivity index (χ0v) is 14.7. The number of nitrogens with one attached hydrogen (secondary N) is 1. The van der Waals surface area contributed by atoms with Gasteiger partial charge in [0.2, 0.25) is 0 Å². The maximum absolute atomic E-state index is 13.1. The Morgan fingerprint density at radius 2 is 2.04 bits per heavy atom. The van der Waals surface area contributed by atoms with Gasteiger partial charge in [0.15, 0.2) is 5.65 Å². The van der Waals surface area contributed by atoms with Gasteiger partial charge in [0.25, 0.3) is 11.5 Å². The summed E-state index contributed by atoms with van der Waals surface area (Å²) in [6.45, 7) is 0.472. The molecule has 5 rings (SSSR count). The highest BCUT2D eigenvalue weighted by Gasteiger charge is 2.29. The van der Waals surface area contributed by atoms with Gasteiger partial charge in [-0.3, -0.25) is 14.7 Å². The first-order valence-corrected chi connectivity index (χ1v) is 9.11. The molecule has 0 atom stereocenters. The SMILES string of the molecule is O=C(c1cscn1)N1Cc2nc3cc(-c4ccc(F)cc4)[nH]n3c(=O)c2C1. The number of aromatic nitrogens is 4. The number of H-pyrrole nitrogens is 1. The number of halogens is 1. The average molecular weight is 381 g/mol. The number of nitrogens with zero attached hydrogens (tertiary/aromatic N) is 4. The van der Waals surface area contributed by atoms with E-state index < -0.39 is 0 Å². The molecule has 4 aromatic rings. The Bertz CT molecular complexity index is 1230. The highest BCUT2D eigenvalue weighted by atomic mass is 32.1. The van der Waals surface area contributed by atoms with Gasteiger partial charge < -0.3 is 4.90 Å². The summed E-state index contributed by atoms with van der Waals surface area (Å²) in [7, 11) is 0. The van der Waals surface area contributed by atoms with E-state index in [1.807, 2.05) is 0 Å². The van der Waals surface area contributed by atoms with Crippen LogP contribution < -0.4 is 5.56 Å². The van der Waals surface area contributed by atoms with Crippen LogP contribution in [0.3, 0.4) is 0 Å². The highest BCUT2D eigenvalue weighted by Crippen LogP contribution is 2.23. The molecule has 0 bridgehead atoms. The number of amides is 1. The first-order valence-electron chi connectivity index (χ1n) is 8.17. The summed E-state index contributed by atoms with van der Waals surface area (Å²) in [4.78, 5) is 35.5. The number of hydrogen-bond acceptors (Lipinski definition) is 5. The first-order chi connectivity index (χ1) is 13.1. The standard InChI is InChI=1S/C18H12FN5O2S/c19-11-3-1-10(2-4-11)13-5-16-21-14-7-23(18(26)15-8-27-9-20-15)6-12(14)17(25)24(16)22-13/h1-5,8-9,22H,6-7H2. The van der Waals surface area contributed by atoms with E-state index in [4.69, 9.17) is 0 Å². The third-order valence-corrected chi connectivity index (χ3v) is 5.16. The molecule has 0 spiro atoms. The minimum atomic E-state index is -0.325. The number of fused-ring (bicyclic) bond motifs is 2. The van der Waals surface area contributed by atoms with Crippen LogP contribution in [0.1, 0.15) is 21.7 Å². The summed E-state index contributed by atoms with van der Waals surface area (Å²) >= 11 is 1.35. The van der Waals surface area contributed by atoms with Crippen LogP contribution in [0.2, 0.25) is 0 Å². The van der Waals surface area contributed by atoms with E-state index >= 15 is 0 Å². The zero-order chi connectivity index (χ0) is 18.5. The monoisotopic (exact) mass is 381 g/mol. The molecule has 27 heavy (non-hydrogen) atoms. The van der Waals surface area contributed by atoms with Crippen molar-refractivity contribution in [2.75, 3.05) is 0 Å². The van der Waals surface area contributed by atoms with Crippen molar-refractivity contribution in [3.8, 4) is 11.3 Å². The molecule has 0 saturated heterocycles. The lowest BCUT2D eigenvalue weighted by Crippen LogP contribution is -2.26. The fourth-order valence-corrected chi connectivity index (χ4v) is 3.75. The number of hydrogen-bond donors (Lipinski definition) is 1. The Labute approximate surface area is 155 Å².